The summed E-state index contributed by atoms with van der Waals surface area (Å²) in [6, 6.07) is 1.88. The molecule has 21 heavy (non-hydrogen) atoms. The molecule has 2 aromatic heterocycles. The zero-order valence-corrected chi connectivity index (χ0v) is 13.5. The number of aliphatic hydroxyl groups is 1. The Kier molecular flexibility index (Phi) is 4.37. The molecule has 0 radical (unpaired) electrons. The lowest BCUT2D eigenvalue weighted by Gasteiger charge is -2.28. The van der Waals surface area contributed by atoms with Gasteiger partial charge in [-0.1, -0.05) is 12.8 Å². The lowest BCUT2D eigenvalue weighted by molar-refractivity contribution is 0.0719. The summed E-state index contributed by atoms with van der Waals surface area (Å²) < 4.78 is 0. The van der Waals surface area contributed by atoms with Gasteiger partial charge in [0.1, 0.15) is 9.88 Å². The van der Waals surface area contributed by atoms with E-state index in [1.165, 1.54) is 11.3 Å². The molecule has 0 spiro atoms. The fourth-order valence-corrected chi connectivity index (χ4v) is 4.31. The number of aryl methyl sites for hydroxylation is 1. The Morgan fingerprint density at radius 3 is 2.95 bits per heavy atom. The third-order valence-electron chi connectivity index (χ3n) is 3.82. The number of aromatic nitrogens is 1. The van der Waals surface area contributed by atoms with Crippen molar-refractivity contribution in [3.63, 3.8) is 0 Å². The summed E-state index contributed by atoms with van der Waals surface area (Å²) in [7, 11) is 0. The Hall–Kier alpha value is -1.24. The number of aliphatic hydroxyl groups excluding tert-OH is 1. The minimum Gasteiger partial charge on any atom is -0.391 e. The van der Waals surface area contributed by atoms with Gasteiger partial charge in [0.15, 0.2) is 0 Å². The maximum absolute atomic E-state index is 12.4. The first-order chi connectivity index (χ1) is 10.1. The van der Waals surface area contributed by atoms with Crippen LogP contribution in [0.4, 0.5) is 0 Å². The Bertz CT molecular complexity index is 622. The number of hydrogen-bond acceptors (Lipinski definition) is 5. The summed E-state index contributed by atoms with van der Waals surface area (Å²) in [5.74, 6) is -0.113. The molecule has 1 amide bonds. The molecule has 0 aliphatic heterocycles. The summed E-state index contributed by atoms with van der Waals surface area (Å²) in [4.78, 5) is 17.5. The number of hydrogen-bond donors (Lipinski definition) is 2. The zero-order chi connectivity index (χ0) is 14.8. The van der Waals surface area contributed by atoms with E-state index in [-0.39, 0.29) is 11.9 Å². The van der Waals surface area contributed by atoms with Crippen LogP contribution in [0.5, 0.6) is 0 Å². The van der Waals surface area contributed by atoms with E-state index in [4.69, 9.17) is 0 Å². The summed E-state index contributed by atoms with van der Waals surface area (Å²) in [5.41, 5.74) is 1.81. The fourth-order valence-electron chi connectivity index (χ4n) is 2.63. The lowest BCUT2D eigenvalue weighted by Crippen LogP contribution is -2.45. The second-order valence-corrected chi connectivity index (χ2v) is 7.16. The van der Waals surface area contributed by atoms with Crippen molar-refractivity contribution in [2.45, 2.75) is 44.8 Å². The van der Waals surface area contributed by atoms with Crippen molar-refractivity contribution < 1.29 is 9.90 Å². The number of thiophene rings is 1. The molecule has 4 nitrogen and oxygen atoms in total. The van der Waals surface area contributed by atoms with Gasteiger partial charge in [0, 0.05) is 10.9 Å². The van der Waals surface area contributed by atoms with E-state index >= 15 is 0 Å². The van der Waals surface area contributed by atoms with Gasteiger partial charge in [0.25, 0.3) is 5.91 Å². The number of thiazole rings is 1. The Morgan fingerprint density at radius 1 is 1.43 bits per heavy atom. The molecule has 1 fully saturated rings. The fraction of sp³-hybridized carbons (Fsp3) is 0.467. The first kappa shape index (κ1) is 14.7. The minimum absolute atomic E-state index is 0.113. The highest BCUT2D eigenvalue weighted by Crippen LogP contribution is 2.29. The van der Waals surface area contributed by atoms with Crippen molar-refractivity contribution in [3.05, 3.63) is 27.4 Å². The molecule has 1 aliphatic carbocycles. The first-order valence-corrected chi connectivity index (χ1v) is 8.90. The van der Waals surface area contributed by atoms with Gasteiger partial charge in [-0.15, -0.1) is 11.3 Å². The van der Waals surface area contributed by atoms with Crippen LogP contribution >= 0.6 is 22.7 Å². The zero-order valence-electron chi connectivity index (χ0n) is 11.8. The Balaban J connectivity index is 1.75. The van der Waals surface area contributed by atoms with Crippen molar-refractivity contribution in [2.75, 3.05) is 0 Å². The van der Waals surface area contributed by atoms with Crippen LogP contribution in [0.2, 0.25) is 0 Å². The van der Waals surface area contributed by atoms with Crippen molar-refractivity contribution in [1.29, 1.82) is 0 Å². The van der Waals surface area contributed by atoms with E-state index in [0.29, 0.717) is 4.88 Å². The smallest absolute Gasteiger partial charge is 0.263 e. The minimum atomic E-state index is -0.424. The van der Waals surface area contributed by atoms with Gasteiger partial charge in [0.2, 0.25) is 0 Å². The molecule has 1 aliphatic rings. The van der Waals surface area contributed by atoms with Crippen LogP contribution in [-0.4, -0.2) is 28.1 Å². The van der Waals surface area contributed by atoms with Crippen LogP contribution in [0, 0.1) is 6.92 Å². The molecule has 2 heterocycles. The molecule has 1 saturated carbocycles. The Morgan fingerprint density at radius 2 is 2.24 bits per heavy atom. The van der Waals surface area contributed by atoms with Gasteiger partial charge in [-0.2, -0.15) is 11.3 Å². The van der Waals surface area contributed by atoms with Crippen molar-refractivity contribution >= 4 is 28.6 Å². The second-order valence-electron chi connectivity index (χ2n) is 5.38. The number of nitrogens with one attached hydrogen (secondary N) is 1. The largest absolute Gasteiger partial charge is 0.391 e. The van der Waals surface area contributed by atoms with Crippen LogP contribution < -0.4 is 5.32 Å². The monoisotopic (exact) mass is 322 g/mol. The highest BCUT2D eigenvalue weighted by atomic mass is 32.1. The SMILES string of the molecule is Cc1nc(-c2ccsc2)sc1C(=O)NC1CCCCC1O. The van der Waals surface area contributed by atoms with Gasteiger partial charge < -0.3 is 10.4 Å². The number of nitrogens with zero attached hydrogens (tertiary/aromatic N) is 1. The number of carbonyl (C=O) groups excluding carboxylic acids is 1. The molecule has 112 valence electrons. The molecule has 0 aromatic carbocycles. The van der Waals surface area contributed by atoms with Gasteiger partial charge in [0.05, 0.1) is 17.8 Å². The van der Waals surface area contributed by atoms with Gasteiger partial charge in [-0.05, 0) is 31.2 Å². The second kappa shape index (κ2) is 6.25. The summed E-state index contributed by atoms with van der Waals surface area (Å²) in [6.07, 6.45) is 3.29. The topological polar surface area (TPSA) is 62.2 Å². The quantitative estimate of drug-likeness (QED) is 0.912. The third kappa shape index (κ3) is 3.17. The van der Waals surface area contributed by atoms with E-state index in [1.54, 1.807) is 11.3 Å². The molecular formula is C15H18N2O2S2. The van der Waals surface area contributed by atoms with E-state index < -0.39 is 6.10 Å². The van der Waals surface area contributed by atoms with Crippen molar-refractivity contribution in [3.8, 4) is 10.6 Å². The molecule has 6 heteroatoms. The number of amides is 1. The molecular weight excluding hydrogens is 304 g/mol. The highest BCUT2D eigenvalue weighted by Gasteiger charge is 2.26. The van der Waals surface area contributed by atoms with Crippen LogP contribution in [-0.2, 0) is 0 Å². The van der Waals surface area contributed by atoms with Crippen LogP contribution in [0.25, 0.3) is 10.6 Å². The maximum atomic E-state index is 12.4. The number of rotatable bonds is 3. The molecule has 2 atom stereocenters. The summed E-state index contributed by atoms with van der Waals surface area (Å²) in [6.45, 7) is 1.86. The molecule has 2 N–H and O–H groups in total. The summed E-state index contributed by atoms with van der Waals surface area (Å²) >= 11 is 3.04. The normalized spacial score (nSPS) is 22.2. The average Bonchev–Trinajstić information content (AvgIpc) is 3.10. The van der Waals surface area contributed by atoms with E-state index in [1.807, 2.05) is 23.8 Å². The molecule has 0 bridgehead atoms. The van der Waals surface area contributed by atoms with Gasteiger partial charge in [-0.3, -0.25) is 4.79 Å². The maximum Gasteiger partial charge on any atom is 0.263 e. The van der Waals surface area contributed by atoms with Crippen molar-refractivity contribution in [1.82, 2.24) is 10.3 Å². The Labute approximate surface area is 131 Å². The van der Waals surface area contributed by atoms with E-state index in [2.05, 4.69) is 10.3 Å². The predicted octanol–water partition coefficient (Wildman–Crippen LogP) is 3.21. The summed E-state index contributed by atoms with van der Waals surface area (Å²) in [5, 5.41) is 17.8. The highest BCUT2D eigenvalue weighted by molar-refractivity contribution is 7.17. The molecule has 2 aromatic rings. The lowest BCUT2D eigenvalue weighted by atomic mass is 9.92. The van der Waals surface area contributed by atoms with Crippen LogP contribution in [0.1, 0.15) is 41.0 Å². The van der Waals surface area contributed by atoms with E-state index in [0.717, 1.165) is 41.9 Å². The predicted molar refractivity (Wildman–Crippen MR) is 85.9 cm³/mol. The van der Waals surface area contributed by atoms with Crippen molar-refractivity contribution in [2.24, 2.45) is 0 Å². The molecule has 0 saturated heterocycles. The number of carbonyl (C=O) groups is 1. The third-order valence-corrected chi connectivity index (χ3v) is 5.71. The van der Waals surface area contributed by atoms with Gasteiger partial charge >= 0.3 is 0 Å². The van der Waals surface area contributed by atoms with Crippen LogP contribution in [0.15, 0.2) is 16.8 Å². The average molecular weight is 322 g/mol. The molecule has 3 rings (SSSR count). The van der Waals surface area contributed by atoms with E-state index in [9.17, 15) is 9.90 Å². The molecule has 2 unspecified atom stereocenters. The van der Waals surface area contributed by atoms with Crippen LogP contribution in [0.3, 0.4) is 0 Å². The van der Waals surface area contributed by atoms with Gasteiger partial charge in [-0.25, -0.2) is 4.98 Å². The standard InChI is InChI=1S/C15H18N2O2S2/c1-9-13(21-15(16-9)10-6-7-20-8-10)14(19)17-11-4-2-3-5-12(11)18/h6-8,11-12,18H,2-5H2,1H3,(H,17,19). The first-order valence-electron chi connectivity index (χ1n) is 7.14.